The minimum Gasteiger partial charge on any atom is -0.309 e. The molecule has 0 saturated heterocycles. The Balaban J connectivity index is 1.91. The van der Waals surface area contributed by atoms with Crippen LogP contribution in [0.4, 0.5) is 22.0 Å². The second-order valence-corrected chi connectivity index (χ2v) is 4.54. The summed E-state index contributed by atoms with van der Waals surface area (Å²) in [5.74, 6) is -2.62. The third-order valence-electron chi connectivity index (χ3n) is 2.94. The lowest BCUT2D eigenvalue weighted by Crippen LogP contribution is -2.48. The average Bonchev–Trinajstić information content (AvgIpc) is 2.22. The summed E-state index contributed by atoms with van der Waals surface area (Å²) >= 11 is 0. The molecule has 0 unspecified atom stereocenters. The molecule has 1 N–H and O–H groups in total. The number of alkyl halides is 5. The van der Waals surface area contributed by atoms with Gasteiger partial charge >= 0.3 is 6.18 Å². The van der Waals surface area contributed by atoms with Crippen molar-refractivity contribution in [3.05, 3.63) is 35.4 Å². The predicted octanol–water partition coefficient (Wildman–Crippen LogP) is 3.59. The molecule has 0 radical (unpaired) electrons. The first kappa shape index (κ1) is 13.3. The number of benzene rings is 1. The second-order valence-electron chi connectivity index (χ2n) is 4.54. The lowest BCUT2D eigenvalue weighted by atomic mass is 9.88. The van der Waals surface area contributed by atoms with Gasteiger partial charge in [0, 0.05) is 25.4 Å². The van der Waals surface area contributed by atoms with Gasteiger partial charge in [0.15, 0.2) is 0 Å². The monoisotopic (exact) mass is 265 g/mol. The predicted molar refractivity (Wildman–Crippen MR) is 56.3 cm³/mol. The van der Waals surface area contributed by atoms with Gasteiger partial charge in [-0.2, -0.15) is 13.2 Å². The number of hydrogen-bond donors (Lipinski definition) is 1. The minimum atomic E-state index is -4.38. The van der Waals surface area contributed by atoms with E-state index in [2.05, 4.69) is 5.32 Å². The number of hydrogen-bond acceptors (Lipinski definition) is 1. The molecule has 1 saturated carbocycles. The maximum absolute atomic E-state index is 12.5. The van der Waals surface area contributed by atoms with Crippen molar-refractivity contribution >= 4 is 0 Å². The summed E-state index contributed by atoms with van der Waals surface area (Å²) in [6, 6.07) is 4.56. The minimum absolute atomic E-state index is 0.171. The first-order chi connectivity index (χ1) is 8.26. The molecular formula is C12H12F5N. The molecule has 0 spiro atoms. The van der Waals surface area contributed by atoms with E-state index in [1.165, 1.54) is 6.07 Å². The highest BCUT2D eigenvalue weighted by atomic mass is 19.4. The lowest BCUT2D eigenvalue weighted by molar-refractivity contribution is -0.137. The van der Waals surface area contributed by atoms with Gasteiger partial charge in [0.05, 0.1) is 5.56 Å². The van der Waals surface area contributed by atoms with Gasteiger partial charge in [-0.3, -0.25) is 0 Å². The SMILES string of the molecule is FC1(F)CC(NCc2cccc(C(F)(F)F)c2)C1. The summed E-state index contributed by atoms with van der Waals surface area (Å²) in [7, 11) is 0. The molecule has 6 heteroatoms. The van der Waals surface area contributed by atoms with Crippen LogP contribution in [0.25, 0.3) is 0 Å². The summed E-state index contributed by atoms with van der Waals surface area (Å²) in [5.41, 5.74) is -0.277. The number of halogens is 5. The summed E-state index contributed by atoms with van der Waals surface area (Å²) in [6.45, 7) is 0.171. The van der Waals surface area contributed by atoms with Gasteiger partial charge in [-0.1, -0.05) is 18.2 Å². The zero-order valence-electron chi connectivity index (χ0n) is 9.40. The van der Waals surface area contributed by atoms with Crippen LogP contribution in [0.1, 0.15) is 24.0 Å². The van der Waals surface area contributed by atoms with Gasteiger partial charge in [0.1, 0.15) is 0 Å². The van der Waals surface area contributed by atoms with E-state index in [4.69, 9.17) is 0 Å². The third-order valence-corrected chi connectivity index (χ3v) is 2.94. The Morgan fingerprint density at radius 2 is 1.89 bits per heavy atom. The normalized spacial score (nSPS) is 19.6. The van der Waals surface area contributed by atoms with E-state index in [1.54, 1.807) is 6.07 Å². The zero-order chi connectivity index (χ0) is 13.4. The molecule has 18 heavy (non-hydrogen) atoms. The standard InChI is InChI=1S/C12H12F5N/c13-11(14)5-10(6-11)18-7-8-2-1-3-9(4-8)12(15,16)17/h1-4,10,18H,5-7H2. The van der Waals surface area contributed by atoms with Crippen LogP contribution in [0, 0.1) is 0 Å². The van der Waals surface area contributed by atoms with Crippen LogP contribution in [0.5, 0.6) is 0 Å². The number of rotatable bonds is 3. The molecule has 0 atom stereocenters. The molecule has 2 rings (SSSR count). The highest BCUT2D eigenvalue weighted by Gasteiger charge is 2.44. The van der Waals surface area contributed by atoms with Crippen LogP contribution in [-0.2, 0) is 12.7 Å². The molecule has 0 heterocycles. The van der Waals surface area contributed by atoms with Crippen molar-refractivity contribution in [2.75, 3.05) is 0 Å². The van der Waals surface area contributed by atoms with Crippen molar-refractivity contribution in [3.8, 4) is 0 Å². The van der Waals surface area contributed by atoms with Gasteiger partial charge in [-0.25, -0.2) is 8.78 Å². The molecular weight excluding hydrogens is 253 g/mol. The Morgan fingerprint density at radius 1 is 1.22 bits per heavy atom. The van der Waals surface area contributed by atoms with Gasteiger partial charge in [0.25, 0.3) is 5.92 Å². The molecule has 0 bridgehead atoms. The van der Waals surface area contributed by atoms with Crippen molar-refractivity contribution in [3.63, 3.8) is 0 Å². The fraction of sp³-hybridized carbons (Fsp3) is 0.500. The van der Waals surface area contributed by atoms with Crippen LogP contribution < -0.4 is 5.32 Å². The maximum atomic E-state index is 12.5. The van der Waals surface area contributed by atoms with Crippen molar-refractivity contribution in [1.29, 1.82) is 0 Å². The van der Waals surface area contributed by atoms with E-state index in [-0.39, 0.29) is 25.4 Å². The second kappa shape index (κ2) is 4.50. The Kier molecular flexibility index (Phi) is 3.31. The van der Waals surface area contributed by atoms with E-state index >= 15 is 0 Å². The van der Waals surface area contributed by atoms with E-state index < -0.39 is 17.7 Å². The maximum Gasteiger partial charge on any atom is 0.416 e. The first-order valence-electron chi connectivity index (χ1n) is 5.54. The molecule has 100 valence electrons. The van der Waals surface area contributed by atoms with Crippen LogP contribution >= 0.6 is 0 Å². The van der Waals surface area contributed by atoms with Crippen LogP contribution in [0.15, 0.2) is 24.3 Å². The Hall–Kier alpha value is -1.17. The molecule has 1 aliphatic rings. The van der Waals surface area contributed by atoms with Gasteiger partial charge in [-0.15, -0.1) is 0 Å². The molecule has 1 aromatic rings. The van der Waals surface area contributed by atoms with Gasteiger partial charge < -0.3 is 5.32 Å². The fourth-order valence-corrected chi connectivity index (χ4v) is 1.93. The molecule has 0 aromatic heterocycles. The molecule has 0 amide bonds. The zero-order valence-corrected chi connectivity index (χ0v) is 9.40. The summed E-state index contributed by atoms with van der Waals surface area (Å²) in [6.07, 6.45) is -4.86. The summed E-state index contributed by atoms with van der Waals surface area (Å²) < 4.78 is 62.4. The van der Waals surface area contributed by atoms with E-state index in [0.29, 0.717) is 5.56 Å². The first-order valence-corrected chi connectivity index (χ1v) is 5.54. The van der Waals surface area contributed by atoms with Crippen LogP contribution in [-0.4, -0.2) is 12.0 Å². The average molecular weight is 265 g/mol. The topological polar surface area (TPSA) is 12.0 Å². The Morgan fingerprint density at radius 3 is 2.44 bits per heavy atom. The van der Waals surface area contributed by atoms with E-state index in [1.807, 2.05) is 0 Å². The van der Waals surface area contributed by atoms with Crippen molar-refractivity contribution in [1.82, 2.24) is 5.32 Å². The molecule has 0 aliphatic heterocycles. The molecule has 1 aromatic carbocycles. The summed E-state index contributed by atoms with van der Waals surface area (Å²) in [4.78, 5) is 0. The third kappa shape index (κ3) is 3.19. The Labute approximate surface area is 101 Å². The fourth-order valence-electron chi connectivity index (χ4n) is 1.93. The summed E-state index contributed by atoms with van der Waals surface area (Å²) in [5, 5.41) is 2.82. The smallest absolute Gasteiger partial charge is 0.309 e. The number of nitrogens with one attached hydrogen (secondary N) is 1. The highest BCUT2D eigenvalue weighted by Crippen LogP contribution is 2.37. The van der Waals surface area contributed by atoms with Crippen molar-refractivity contribution < 1.29 is 22.0 Å². The van der Waals surface area contributed by atoms with Crippen LogP contribution in [0.3, 0.4) is 0 Å². The highest BCUT2D eigenvalue weighted by molar-refractivity contribution is 5.25. The Bertz CT molecular complexity index is 419. The van der Waals surface area contributed by atoms with E-state index in [0.717, 1.165) is 12.1 Å². The largest absolute Gasteiger partial charge is 0.416 e. The van der Waals surface area contributed by atoms with Crippen LogP contribution in [0.2, 0.25) is 0 Å². The molecule has 1 fully saturated rings. The lowest BCUT2D eigenvalue weighted by Gasteiger charge is -2.35. The molecule has 1 aliphatic carbocycles. The van der Waals surface area contributed by atoms with Crippen molar-refractivity contribution in [2.24, 2.45) is 0 Å². The van der Waals surface area contributed by atoms with Gasteiger partial charge in [-0.05, 0) is 11.6 Å². The van der Waals surface area contributed by atoms with Gasteiger partial charge in [0.2, 0.25) is 0 Å². The quantitative estimate of drug-likeness (QED) is 0.823. The van der Waals surface area contributed by atoms with Crippen molar-refractivity contribution in [2.45, 2.75) is 37.5 Å². The molecule has 1 nitrogen and oxygen atoms in total. The van der Waals surface area contributed by atoms with E-state index in [9.17, 15) is 22.0 Å².